The van der Waals surface area contributed by atoms with E-state index in [2.05, 4.69) is 32.9 Å². The second-order valence-electron chi connectivity index (χ2n) is 6.19. The quantitative estimate of drug-likeness (QED) is 0.484. The van der Waals surface area contributed by atoms with Crippen LogP contribution in [-0.2, 0) is 5.41 Å². The summed E-state index contributed by atoms with van der Waals surface area (Å²) in [6, 6.07) is 13.0. The van der Waals surface area contributed by atoms with Crippen LogP contribution in [0.5, 0.6) is 0 Å². The second kappa shape index (κ2) is 6.68. The molecule has 0 unspecified atom stereocenters. The third-order valence-corrected chi connectivity index (χ3v) is 3.96. The first kappa shape index (κ1) is 16.8. The standard InChI is InChI=1S/C19H18Cl2O/c1-19(2,3)14-7-4-13(5-8-14)6-11-18(22)16-12-15(20)9-10-17(16)21/h4-12H,1-3H3/b11-6+. The molecular weight excluding hydrogens is 315 g/mol. The van der Waals surface area contributed by atoms with E-state index in [0.29, 0.717) is 15.6 Å². The molecule has 0 aromatic heterocycles. The molecule has 0 N–H and O–H groups in total. The van der Waals surface area contributed by atoms with Gasteiger partial charge in [0, 0.05) is 10.6 Å². The molecule has 22 heavy (non-hydrogen) atoms. The highest BCUT2D eigenvalue weighted by atomic mass is 35.5. The van der Waals surface area contributed by atoms with Crippen molar-refractivity contribution in [2.24, 2.45) is 0 Å². The summed E-state index contributed by atoms with van der Waals surface area (Å²) in [6.07, 6.45) is 3.30. The molecule has 0 amide bonds. The van der Waals surface area contributed by atoms with Gasteiger partial charge in [0.15, 0.2) is 5.78 Å². The normalized spacial score (nSPS) is 11.9. The van der Waals surface area contributed by atoms with Crippen molar-refractivity contribution in [1.29, 1.82) is 0 Å². The van der Waals surface area contributed by atoms with Gasteiger partial charge in [0.1, 0.15) is 0 Å². The summed E-state index contributed by atoms with van der Waals surface area (Å²) in [5.41, 5.74) is 2.76. The number of hydrogen-bond donors (Lipinski definition) is 0. The number of allylic oxidation sites excluding steroid dienone is 1. The van der Waals surface area contributed by atoms with Gasteiger partial charge in [-0.05, 0) is 40.8 Å². The molecule has 0 aliphatic rings. The minimum absolute atomic E-state index is 0.117. The number of halogens is 2. The minimum atomic E-state index is -0.160. The van der Waals surface area contributed by atoms with Crippen LogP contribution in [0.15, 0.2) is 48.5 Å². The van der Waals surface area contributed by atoms with Crippen molar-refractivity contribution in [3.8, 4) is 0 Å². The van der Waals surface area contributed by atoms with E-state index in [1.165, 1.54) is 11.6 Å². The first-order valence-electron chi connectivity index (χ1n) is 7.05. The lowest BCUT2D eigenvalue weighted by Crippen LogP contribution is -2.10. The summed E-state index contributed by atoms with van der Waals surface area (Å²) in [4.78, 5) is 12.2. The van der Waals surface area contributed by atoms with Crippen LogP contribution < -0.4 is 0 Å². The number of rotatable bonds is 3. The molecule has 1 nitrogen and oxygen atoms in total. The molecule has 0 saturated heterocycles. The van der Waals surface area contributed by atoms with Crippen molar-refractivity contribution in [2.45, 2.75) is 26.2 Å². The van der Waals surface area contributed by atoms with Gasteiger partial charge in [-0.1, -0.05) is 74.3 Å². The van der Waals surface area contributed by atoms with Crippen molar-refractivity contribution in [3.63, 3.8) is 0 Å². The van der Waals surface area contributed by atoms with Gasteiger partial charge in [0.25, 0.3) is 0 Å². The second-order valence-corrected chi connectivity index (χ2v) is 7.04. The Morgan fingerprint density at radius 1 is 1.00 bits per heavy atom. The first-order chi connectivity index (χ1) is 10.3. The van der Waals surface area contributed by atoms with Gasteiger partial charge < -0.3 is 0 Å². The van der Waals surface area contributed by atoms with E-state index in [1.54, 1.807) is 24.3 Å². The third kappa shape index (κ3) is 4.22. The van der Waals surface area contributed by atoms with Gasteiger partial charge in [-0.3, -0.25) is 4.79 Å². The fraction of sp³-hybridized carbons (Fsp3) is 0.211. The largest absolute Gasteiger partial charge is 0.289 e. The molecule has 2 rings (SSSR count). The van der Waals surface area contributed by atoms with Crippen LogP contribution in [-0.4, -0.2) is 5.78 Å². The van der Waals surface area contributed by atoms with Crippen molar-refractivity contribution in [1.82, 2.24) is 0 Å². The molecule has 0 aliphatic carbocycles. The van der Waals surface area contributed by atoms with E-state index in [-0.39, 0.29) is 11.2 Å². The van der Waals surface area contributed by atoms with Crippen molar-refractivity contribution in [3.05, 3.63) is 75.3 Å². The molecule has 114 valence electrons. The van der Waals surface area contributed by atoms with Gasteiger partial charge in [-0.15, -0.1) is 0 Å². The molecule has 0 heterocycles. The fourth-order valence-electron chi connectivity index (χ4n) is 2.04. The molecule has 0 atom stereocenters. The number of carbonyl (C=O) groups is 1. The zero-order valence-corrected chi connectivity index (χ0v) is 14.4. The van der Waals surface area contributed by atoms with Crippen molar-refractivity contribution in [2.75, 3.05) is 0 Å². The first-order valence-corrected chi connectivity index (χ1v) is 7.81. The van der Waals surface area contributed by atoms with E-state index >= 15 is 0 Å². The van der Waals surface area contributed by atoms with Gasteiger partial charge in [0.05, 0.1) is 5.02 Å². The van der Waals surface area contributed by atoms with E-state index in [0.717, 1.165) is 5.56 Å². The summed E-state index contributed by atoms with van der Waals surface area (Å²) in [5, 5.41) is 0.901. The van der Waals surface area contributed by atoms with Crippen molar-refractivity contribution >= 4 is 35.1 Å². The Morgan fingerprint density at radius 3 is 2.23 bits per heavy atom. The highest BCUT2D eigenvalue weighted by Crippen LogP contribution is 2.23. The molecular formula is C19H18Cl2O. The third-order valence-electron chi connectivity index (χ3n) is 3.40. The van der Waals surface area contributed by atoms with Gasteiger partial charge >= 0.3 is 0 Å². The fourth-order valence-corrected chi connectivity index (χ4v) is 2.43. The van der Waals surface area contributed by atoms with Crippen LogP contribution in [0.1, 0.15) is 42.3 Å². The molecule has 0 bridgehead atoms. The van der Waals surface area contributed by atoms with Gasteiger partial charge in [-0.2, -0.15) is 0 Å². The highest BCUT2D eigenvalue weighted by Gasteiger charge is 2.12. The van der Waals surface area contributed by atoms with Crippen molar-refractivity contribution < 1.29 is 4.79 Å². The Labute approximate surface area is 141 Å². The maximum Gasteiger partial charge on any atom is 0.187 e. The lowest BCUT2D eigenvalue weighted by atomic mass is 9.87. The zero-order valence-electron chi connectivity index (χ0n) is 12.9. The number of hydrogen-bond acceptors (Lipinski definition) is 1. The molecule has 3 heteroatoms. The minimum Gasteiger partial charge on any atom is -0.289 e. The lowest BCUT2D eigenvalue weighted by Gasteiger charge is -2.18. The lowest BCUT2D eigenvalue weighted by molar-refractivity contribution is 0.104. The van der Waals surface area contributed by atoms with E-state index in [4.69, 9.17) is 23.2 Å². The van der Waals surface area contributed by atoms with E-state index in [1.807, 2.05) is 12.1 Å². The monoisotopic (exact) mass is 332 g/mol. The maximum atomic E-state index is 12.2. The summed E-state index contributed by atoms with van der Waals surface area (Å²) in [7, 11) is 0. The predicted octanol–water partition coefficient (Wildman–Crippen LogP) is 6.19. The van der Waals surface area contributed by atoms with Gasteiger partial charge in [-0.25, -0.2) is 0 Å². The SMILES string of the molecule is CC(C)(C)c1ccc(/C=C/C(=O)c2cc(Cl)ccc2Cl)cc1. The molecule has 0 spiro atoms. The summed E-state index contributed by atoms with van der Waals surface area (Å²) in [6.45, 7) is 6.51. The van der Waals surface area contributed by atoms with Crippen LogP contribution in [0.4, 0.5) is 0 Å². The Bertz CT molecular complexity index is 707. The number of ketones is 1. The number of carbonyl (C=O) groups excluding carboxylic acids is 1. The smallest absolute Gasteiger partial charge is 0.187 e. The van der Waals surface area contributed by atoms with Crippen LogP contribution in [0.2, 0.25) is 10.0 Å². The summed E-state index contributed by atoms with van der Waals surface area (Å²) < 4.78 is 0. The molecule has 2 aromatic carbocycles. The maximum absolute atomic E-state index is 12.2. The summed E-state index contributed by atoms with van der Waals surface area (Å²) >= 11 is 11.9. The van der Waals surface area contributed by atoms with E-state index < -0.39 is 0 Å². The summed E-state index contributed by atoms with van der Waals surface area (Å²) in [5.74, 6) is -0.160. The van der Waals surface area contributed by atoms with Crippen LogP contribution in [0, 0.1) is 0 Å². The number of benzene rings is 2. The van der Waals surface area contributed by atoms with E-state index in [9.17, 15) is 4.79 Å². The van der Waals surface area contributed by atoms with Crippen LogP contribution in [0.25, 0.3) is 6.08 Å². The average Bonchev–Trinajstić information content (AvgIpc) is 2.47. The van der Waals surface area contributed by atoms with Crippen LogP contribution in [0.3, 0.4) is 0 Å². The predicted molar refractivity (Wildman–Crippen MR) is 95.0 cm³/mol. The van der Waals surface area contributed by atoms with Gasteiger partial charge in [0.2, 0.25) is 0 Å². The average molecular weight is 333 g/mol. The molecule has 2 aromatic rings. The Balaban J connectivity index is 2.18. The molecule has 0 aliphatic heterocycles. The molecule has 0 saturated carbocycles. The van der Waals surface area contributed by atoms with Crippen LogP contribution >= 0.6 is 23.2 Å². The molecule has 0 fully saturated rings. The highest BCUT2D eigenvalue weighted by molar-refractivity contribution is 6.36. The zero-order chi connectivity index (χ0) is 16.3. The Morgan fingerprint density at radius 2 is 1.64 bits per heavy atom. The Kier molecular flexibility index (Phi) is 5.10. The Hall–Kier alpha value is -1.57. The molecule has 0 radical (unpaired) electrons. The topological polar surface area (TPSA) is 17.1 Å².